The molecule has 0 spiro atoms. The minimum atomic E-state index is -0.864. The van der Waals surface area contributed by atoms with Gasteiger partial charge in [-0.05, 0) is 13.3 Å². The number of hydrogen-bond donors (Lipinski definition) is 2. The van der Waals surface area contributed by atoms with Gasteiger partial charge >= 0.3 is 5.97 Å². The van der Waals surface area contributed by atoms with Gasteiger partial charge in [-0.1, -0.05) is 19.8 Å². The number of carboxylic acid groups (broad SMARTS) is 1. The first-order chi connectivity index (χ1) is 6.49. The van der Waals surface area contributed by atoms with Crippen LogP contribution in [0.25, 0.3) is 0 Å². The summed E-state index contributed by atoms with van der Waals surface area (Å²) in [4.78, 5) is 21.5. The number of primary amides is 1. The molecule has 0 aromatic rings. The first kappa shape index (κ1) is 13.3. The molecule has 0 unspecified atom stereocenters. The molecule has 0 aromatic carbocycles. The van der Waals surface area contributed by atoms with Crippen molar-refractivity contribution in [2.24, 2.45) is 5.73 Å². The minimum absolute atomic E-state index is 0.437. The number of hydrogen-bond acceptors (Lipinski definition) is 3. The summed E-state index contributed by atoms with van der Waals surface area (Å²) in [6, 6.07) is 0. The van der Waals surface area contributed by atoms with Crippen molar-refractivity contribution in [3.63, 3.8) is 0 Å². The SMILES string of the molecule is CCCC[C@H](S[C@@H](C)C(N)=O)C(=O)O. The van der Waals surface area contributed by atoms with Gasteiger partial charge < -0.3 is 10.8 Å². The molecule has 1 amide bonds. The molecule has 0 radical (unpaired) electrons. The number of carbonyl (C=O) groups is 2. The Labute approximate surface area is 88.2 Å². The van der Waals surface area contributed by atoms with Gasteiger partial charge in [0, 0.05) is 0 Å². The Morgan fingerprint density at radius 2 is 2.07 bits per heavy atom. The lowest BCUT2D eigenvalue weighted by Gasteiger charge is -2.14. The third-order valence-corrected chi connectivity index (χ3v) is 3.27. The van der Waals surface area contributed by atoms with Crippen molar-refractivity contribution in [1.82, 2.24) is 0 Å². The van der Waals surface area contributed by atoms with Crippen LogP contribution in [0.4, 0.5) is 0 Å². The maximum atomic E-state index is 10.8. The smallest absolute Gasteiger partial charge is 0.316 e. The van der Waals surface area contributed by atoms with Crippen molar-refractivity contribution in [2.45, 2.75) is 43.6 Å². The monoisotopic (exact) mass is 219 g/mol. The number of carboxylic acids is 1. The van der Waals surface area contributed by atoms with Crippen LogP contribution in [0.1, 0.15) is 33.1 Å². The Kier molecular flexibility index (Phi) is 6.36. The second-order valence-electron chi connectivity index (χ2n) is 3.15. The average molecular weight is 219 g/mol. The highest BCUT2D eigenvalue weighted by atomic mass is 32.2. The van der Waals surface area contributed by atoms with Crippen molar-refractivity contribution in [3.8, 4) is 0 Å². The Balaban J connectivity index is 4.08. The number of amides is 1. The molecule has 4 nitrogen and oxygen atoms in total. The van der Waals surface area contributed by atoms with Crippen LogP contribution in [0, 0.1) is 0 Å². The van der Waals surface area contributed by atoms with Crippen LogP contribution in [0.3, 0.4) is 0 Å². The predicted octanol–water partition coefficient (Wildman–Crippen LogP) is 1.24. The van der Waals surface area contributed by atoms with Crippen LogP contribution in [-0.4, -0.2) is 27.5 Å². The van der Waals surface area contributed by atoms with E-state index in [-0.39, 0.29) is 0 Å². The molecule has 0 bridgehead atoms. The van der Waals surface area contributed by atoms with Gasteiger partial charge in [0.15, 0.2) is 0 Å². The highest BCUT2D eigenvalue weighted by Gasteiger charge is 2.22. The first-order valence-corrected chi connectivity index (χ1v) is 5.60. The molecule has 0 aliphatic carbocycles. The summed E-state index contributed by atoms with van der Waals surface area (Å²) < 4.78 is 0. The van der Waals surface area contributed by atoms with E-state index in [1.807, 2.05) is 6.92 Å². The number of nitrogens with two attached hydrogens (primary N) is 1. The van der Waals surface area contributed by atoms with Crippen LogP contribution >= 0.6 is 11.8 Å². The lowest BCUT2D eigenvalue weighted by Crippen LogP contribution is -2.28. The Morgan fingerprint density at radius 1 is 1.50 bits per heavy atom. The van der Waals surface area contributed by atoms with Crippen molar-refractivity contribution in [2.75, 3.05) is 0 Å². The zero-order chi connectivity index (χ0) is 11.1. The van der Waals surface area contributed by atoms with Gasteiger partial charge in [-0.3, -0.25) is 9.59 Å². The average Bonchev–Trinajstić information content (AvgIpc) is 2.10. The van der Waals surface area contributed by atoms with Crippen LogP contribution in [0.2, 0.25) is 0 Å². The summed E-state index contributed by atoms with van der Waals surface area (Å²) in [5.41, 5.74) is 5.06. The van der Waals surface area contributed by atoms with Crippen LogP contribution < -0.4 is 5.73 Å². The van der Waals surface area contributed by atoms with Gasteiger partial charge in [-0.15, -0.1) is 11.8 Å². The van der Waals surface area contributed by atoms with E-state index < -0.39 is 22.4 Å². The molecule has 0 saturated heterocycles. The van der Waals surface area contributed by atoms with Crippen molar-refractivity contribution < 1.29 is 14.7 Å². The fraction of sp³-hybridized carbons (Fsp3) is 0.778. The highest BCUT2D eigenvalue weighted by molar-refractivity contribution is 8.01. The molecular weight excluding hydrogens is 202 g/mol. The van der Waals surface area contributed by atoms with Gasteiger partial charge in [0.1, 0.15) is 5.25 Å². The molecule has 5 heteroatoms. The summed E-state index contributed by atoms with van der Waals surface area (Å²) >= 11 is 1.13. The zero-order valence-electron chi connectivity index (χ0n) is 8.53. The lowest BCUT2D eigenvalue weighted by molar-refractivity contribution is -0.136. The van der Waals surface area contributed by atoms with Crippen molar-refractivity contribution >= 4 is 23.6 Å². The number of carbonyl (C=O) groups excluding carboxylic acids is 1. The second kappa shape index (κ2) is 6.70. The lowest BCUT2D eigenvalue weighted by atomic mass is 10.2. The number of rotatable bonds is 7. The molecule has 0 rings (SSSR count). The zero-order valence-corrected chi connectivity index (χ0v) is 9.34. The predicted molar refractivity (Wildman–Crippen MR) is 57.2 cm³/mol. The second-order valence-corrected chi connectivity index (χ2v) is 4.70. The van der Waals surface area contributed by atoms with Crippen LogP contribution in [0.5, 0.6) is 0 Å². The van der Waals surface area contributed by atoms with E-state index in [4.69, 9.17) is 10.8 Å². The van der Waals surface area contributed by atoms with E-state index in [1.54, 1.807) is 6.92 Å². The molecule has 82 valence electrons. The van der Waals surface area contributed by atoms with Gasteiger partial charge in [0.25, 0.3) is 0 Å². The molecule has 3 N–H and O–H groups in total. The summed E-state index contributed by atoms with van der Waals surface area (Å²) in [5, 5.41) is 7.90. The molecule has 2 atom stereocenters. The van der Waals surface area contributed by atoms with E-state index in [0.29, 0.717) is 6.42 Å². The Bertz CT molecular complexity index is 208. The number of thioether (sulfide) groups is 1. The fourth-order valence-corrected chi connectivity index (χ4v) is 2.00. The minimum Gasteiger partial charge on any atom is -0.480 e. The maximum absolute atomic E-state index is 10.8. The molecule has 14 heavy (non-hydrogen) atoms. The molecule has 0 aliphatic heterocycles. The fourth-order valence-electron chi connectivity index (χ4n) is 0.953. The molecule has 0 saturated carbocycles. The molecule has 0 aliphatic rings. The van der Waals surface area contributed by atoms with E-state index >= 15 is 0 Å². The number of unbranched alkanes of at least 4 members (excludes halogenated alkanes) is 1. The van der Waals surface area contributed by atoms with E-state index in [0.717, 1.165) is 24.6 Å². The first-order valence-electron chi connectivity index (χ1n) is 4.66. The van der Waals surface area contributed by atoms with Crippen LogP contribution in [-0.2, 0) is 9.59 Å². The third-order valence-electron chi connectivity index (χ3n) is 1.86. The van der Waals surface area contributed by atoms with Gasteiger partial charge in [0.2, 0.25) is 5.91 Å². The van der Waals surface area contributed by atoms with Crippen molar-refractivity contribution in [3.05, 3.63) is 0 Å². The quantitative estimate of drug-likeness (QED) is 0.675. The Hall–Kier alpha value is -0.710. The maximum Gasteiger partial charge on any atom is 0.316 e. The molecule has 0 heterocycles. The third kappa shape index (κ3) is 5.11. The van der Waals surface area contributed by atoms with Gasteiger partial charge in [0.05, 0.1) is 5.25 Å². The van der Waals surface area contributed by atoms with E-state index in [9.17, 15) is 9.59 Å². The van der Waals surface area contributed by atoms with Gasteiger partial charge in [-0.25, -0.2) is 0 Å². The topological polar surface area (TPSA) is 80.4 Å². The van der Waals surface area contributed by atoms with Crippen LogP contribution in [0.15, 0.2) is 0 Å². The molecule has 0 aromatic heterocycles. The number of aliphatic carboxylic acids is 1. The van der Waals surface area contributed by atoms with E-state index in [2.05, 4.69) is 0 Å². The summed E-state index contributed by atoms with van der Waals surface area (Å²) in [6.45, 7) is 3.63. The summed E-state index contributed by atoms with van der Waals surface area (Å²) in [5.74, 6) is -1.32. The highest BCUT2D eigenvalue weighted by Crippen LogP contribution is 2.22. The normalized spacial score (nSPS) is 14.7. The largest absolute Gasteiger partial charge is 0.480 e. The molecular formula is C9H17NO3S. The molecule has 0 fully saturated rings. The van der Waals surface area contributed by atoms with Crippen molar-refractivity contribution in [1.29, 1.82) is 0 Å². The summed E-state index contributed by atoms with van der Waals surface area (Å²) in [7, 11) is 0. The van der Waals surface area contributed by atoms with E-state index in [1.165, 1.54) is 0 Å². The Morgan fingerprint density at radius 3 is 2.43 bits per heavy atom. The standard InChI is InChI=1S/C9H17NO3S/c1-3-4-5-7(9(12)13)14-6(2)8(10)11/h6-7H,3-5H2,1-2H3,(H2,10,11)(H,12,13)/t6-,7-/m0/s1. The van der Waals surface area contributed by atoms with Gasteiger partial charge in [-0.2, -0.15) is 0 Å². The summed E-state index contributed by atoms with van der Waals surface area (Å²) in [6.07, 6.45) is 2.40.